The van der Waals surface area contributed by atoms with Crippen LogP contribution in [0.2, 0.25) is 0 Å². The van der Waals surface area contributed by atoms with Gasteiger partial charge < -0.3 is 0 Å². The summed E-state index contributed by atoms with van der Waals surface area (Å²) >= 11 is 0. The molecule has 0 bridgehead atoms. The Morgan fingerprint density at radius 1 is 1.03 bits per heavy atom. The lowest BCUT2D eigenvalue weighted by molar-refractivity contribution is 0.610. The summed E-state index contributed by atoms with van der Waals surface area (Å²) in [6, 6.07) is 11.1. The minimum atomic E-state index is -0.235. The van der Waals surface area contributed by atoms with E-state index in [-0.39, 0.29) is 5.82 Å². The Morgan fingerprint density at radius 2 is 1.81 bits per heavy atom. The summed E-state index contributed by atoms with van der Waals surface area (Å²) in [7, 11) is 0. The number of halogens is 1. The van der Waals surface area contributed by atoms with Crippen LogP contribution >= 0.6 is 0 Å². The Morgan fingerprint density at radius 3 is 2.45 bits per heavy atom. The topological polar surface area (TPSA) is 61.4 Å². The second-order valence-corrected chi connectivity index (χ2v) is 8.19. The normalized spacial score (nSPS) is 13.7. The van der Waals surface area contributed by atoms with Crippen molar-refractivity contribution in [1.82, 2.24) is 29.5 Å². The van der Waals surface area contributed by atoms with Gasteiger partial charge in [-0.25, -0.2) is 19.0 Å². The minimum Gasteiger partial charge on any atom is -0.265 e. The highest BCUT2D eigenvalue weighted by Crippen LogP contribution is 2.39. The molecule has 158 valence electrons. The molecule has 0 aliphatic heterocycles. The Hall–Kier alpha value is -3.35. The SMILES string of the molecule is CCc1c(-c2ccc(F)cc2)nn(C2CC2)c1Cc1cc(-n2nc(C)cc2C)ncn1. The van der Waals surface area contributed by atoms with Crippen molar-refractivity contribution in [3.63, 3.8) is 0 Å². The van der Waals surface area contributed by atoms with Crippen molar-refractivity contribution in [2.75, 3.05) is 0 Å². The minimum absolute atomic E-state index is 0.235. The molecular weight excluding hydrogens is 391 g/mol. The molecule has 1 aliphatic carbocycles. The Labute approximate surface area is 180 Å². The van der Waals surface area contributed by atoms with Crippen LogP contribution in [-0.2, 0) is 12.8 Å². The van der Waals surface area contributed by atoms with Crippen LogP contribution in [-0.4, -0.2) is 29.5 Å². The number of aromatic nitrogens is 6. The van der Waals surface area contributed by atoms with Crippen LogP contribution in [0.1, 0.15) is 54.1 Å². The Balaban J connectivity index is 1.55. The summed E-state index contributed by atoms with van der Waals surface area (Å²) < 4.78 is 17.5. The van der Waals surface area contributed by atoms with E-state index in [1.807, 2.05) is 42.8 Å². The monoisotopic (exact) mass is 416 g/mol. The van der Waals surface area contributed by atoms with Crippen molar-refractivity contribution in [3.05, 3.63) is 76.9 Å². The molecule has 1 aliphatic rings. The molecular formula is C24H25FN6. The smallest absolute Gasteiger partial charge is 0.157 e. The zero-order valence-electron chi connectivity index (χ0n) is 18.0. The molecule has 0 atom stereocenters. The van der Waals surface area contributed by atoms with Crippen LogP contribution in [0.5, 0.6) is 0 Å². The van der Waals surface area contributed by atoms with Crippen LogP contribution in [0.3, 0.4) is 0 Å². The summed E-state index contributed by atoms with van der Waals surface area (Å²) in [6.45, 7) is 6.14. The van der Waals surface area contributed by atoms with Gasteiger partial charge in [0, 0.05) is 35.0 Å². The maximum Gasteiger partial charge on any atom is 0.157 e. The molecule has 1 aromatic carbocycles. The third kappa shape index (κ3) is 3.76. The van der Waals surface area contributed by atoms with Gasteiger partial charge in [-0.1, -0.05) is 6.92 Å². The molecule has 1 saturated carbocycles. The average Bonchev–Trinajstić information content (AvgIpc) is 3.46. The summed E-state index contributed by atoms with van der Waals surface area (Å²) in [6.07, 6.45) is 5.40. The lowest BCUT2D eigenvalue weighted by Crippen LogP contribution is -2.08. The zero-order chi connectivity index (χ0) is 21.5. The lowest BCUT2D eigenvalue weighted by atomic mass is 10.0. The van der Waals surface area contributed by atoms with Crippen molar-refractivity contribution in [2.24, 2.45) is 0 Å². The predicted octanol–water partition coefficient (Wildman–Crippen LogP) is 4.77. The van der Waals surface area contributed by atoms with Gasteiger partial charge in [0.25, 0.3) is 0 Å². The van der Waals surface area contributed by atoms with Crippen molar-refractivity contribution >= 4 is 0 Å². The fraction of sp³-hybridized carbons (Fsp3) is 0.333. The van der Waals surface area contributed by atoms with Crippen molar-refractivity contribution in [2.45, 2.75) is 52.5 Å². The molecule has 3 heterocycles. The van der Waals surface area contributed by atoms with Crippen LogP contribution in [0.15, 0.2) is 42.7 Å². The highest BCUT2D eigenvalue weighted by molar-refractivity contribution is 5.64. The number of benzene rings is 1. The number of hydrogen-bond donors (Lipinski definition) is 0. The Kier molecular flexibility index (Phi) is 4.88. The molecule has 0 unspecified atom stereocenters. The van der Waals surface area contributed by atoms with Crippen LogP contribution in [0.4, 0.5) is 4.39 Å². The van der Waals surface area contributed by atoms with Crippen molar-refractivity contribution < 1.29 is 4.39 Å². The number of nitrogens with zero attached hydrogens (tertiary/aromatic N) is 6. The molecule has 0 amide bonds. The van der Waals surface area contributed by atoms with E-state index in [0.717, 1.165) is 53.4 Å². The van der Waals surface area contributed by atoms with E-state index in [1.54, 1.807) is 6.33 Å². The van der Waals surface area contributed by atoms with E-state index in [1.165, 1.54) is 23.4 Å². The van der Waals surface area contributed by atoms with Gasteiger partial charge in [-0.2, -0.15) is 10.2 Å². The fourth-order valence-corrected chi connectivity index (χ4v) is 4.15. The van der Waals surface area contributed by atoms with Crippen LogP contribution in [0, 0.1) is 19.7 Å². The second kappa shape index (κ2) is 7.72. The average molecular weight is 417 g/mol. The van der Waals surface area contributed by atoms with E-state index < -0.39 is 0 Å². The first-order chi connectivity index (χ1) is 15.0. The predicted molar refractivity (Wildman–Crippen MR) is 117 cm³/mol. The fourth-order valence-electron chi connectivity index (χ4n) is 4.15. The van der Waals surface area contributed by atoms with Gasteiger partial charge in [0.1, 0.15) is 12.1 Å². The maximum atomic E-state index is 13.5. The highest BCUT2D eigenvalue weighted by atomic mass is 19.1. The molecule has 31 heavy (non-hydrogen) atoms. The largest absolute Gasteiger partial charge is 0.265 e. The zero-order valence-corrected chi connectivity index (χ0v) is 18.0. The lowest BCUT2D eigenvalue weighted by Gasteiger charge is -2.09. The molecule has 0 spiro atoms. The highest BCUT2D eigenvalue weighted by Gasteiger charge is 2.30. The molecule has 3 aromatic heterocycles. The number of rotatable bonds is 6. The van der Waals surface area contributed by atoms with Gasteiger partial charge in [-0.3, -0.25) is 4.68 Å². The van der Waals surface area contributed by atoms with Gasteiger partial charge in [0.05, 0.1) is 23.1 Å². The Bertz CT molecular complexity index is 1230. The molecule has 0 saturated heterocycles. The van der Waals surface area contributed by atoms with Crippen molar-refractivity contribution in [3.8, 4) is 17.1 Å². The molecule has 7 heteroatoms. The third-order valence-corrected chi connectivity index (χ3v) is 5.77. The maximum absolute atomic E-state index is 13.5. The van der Waals surface area contributed by atoms with E-state index in [2.05, 4.69) is 26.7 Å². The van der Waals surface area contributed by atoms with Gasteiger partial charge in [-0.15, -0.1) is 0 Å². The first-order valence-electron chi connectivity index (χ1n) is 10.7. The summed E-state index contributed by atoms with van der Waals surface area (Å²) in [5.41, 5.74) is 7.20. The van der Waals surface area contributed by atoms with Gasteiger partial charge in [-0.05, 0) is 63.4 Å². The second-order valence-electron chi connectivity index (χ2n) is 8.19. The molecule has 1 fully saturated rings. The molecule has 4 aromatic rings. The first kappa shape index (κ1) is 19.6. The summed E-state index contributed by atoms with van der Waals surface area (Å²) in [5, 5.41) is 9.52. The summed E-state index contributed by atoms with van der Waals surface area (Å²) in [4.78, 5) is 8.97. The summed E-state index contributed by atoms with van der Waals surface area (Å²) in [5.74, 6) is 0.534. The van der Waals surface area contributed by atoms with Crippen molar-refractivity contribution in [1.29, 1.82) is 0 Å². The van der Waals surface area contributed by atoms with Crippen LogP contribution < -0.4 is 0 Å². The first-order valence-corrected chi connectivity index (χ1v) is 10.7. The van der Waals surface area contributed by atoms with Crippen LogP contribution in [0.25, 0.3) is 17.1 Å². The van der Waals surface area contributed by atoms with E-state index in [0.29, 0.717) is 12.5 Å². The van der Waals surface area contributed by atoms with Gasteiger partial charge in [0.15, 0.2) is 5.82 Å². The van der Waals surface area contributed by atoms with Gasteiger partial charge >= 0.3 is 0 Å². The standard InChI is InChI=1S/C24H25FN6/c1-4-21-22(12-19-13-23(27-14-26-19)30-16(3)11-15(2)28-30)31(20-9-10-20)29-24(21)17-5-7-18(25)8-6-17/h5-8,11,13-14,20H,4,9-10,12H2,1-3H3. The number of hydrogen-bond acceptors (Lipinski definition) is 4. The third-order valence-electron chi connectivity index (χ3n) is 5.77. The van der Waals surface area contributed by atoms with E-state index in [4.69, 9.17) is 5.10 Å². The van der Waals surface area contributed by atoms with E-state index >= 15 is 0 Å². The quantitative estimate of drug-likeness (QED) is 0.454. The van der Waals surface area contributed by atoms with Gasteiger partial charge in [0.2, 0.25) is 0 Å². The molecule has 0 N–H and O–H groups in total. The molecule has 6 nitrogen and oxygen atoms in total. The molecule has 5 rings (SSSR count). The van der Waals surface area contributed by atoms with E-state index in [9.17, 15) is 4.39 Å². The molecule has 0 radical (unpaired) electrons. The number of aryl methyl sites for hydroxylation is 2.